The van der Waals surface area contributed by atoms with E-state index in [2.05, 4.69) is 0 Å². The van der Waals surface area contributed by atoms with Gasteiger partial charge in [-0.05, 0) is 6.07 Å². The van der Waals surface area contributed by atoms with Crippen LogP contribution in [0.5, 0.6) is 0 Å². The van der Waals surface area contributed by atoms with E-state index < -0.39 is 17.3 Å². The smallest absolute Gasteiger partial charge is 0.206 e. The largest absolute Gasteiger partial charge is 0.273 e. The molecule has 3 heteroatoms. The molecule has 0 aromatic heterocycles. The third-order valence-electron chi connectivity index (χ3n) is 1.35. The normalized spacial score (nSPS) is 11.6. The first-order valence-electron chi connectivity index (χ1n) is 3.14. The van der Waals surface area contributed by atoms with Crippen molar-refractivity contribution in [3.8, 4) is 0 Å². The molecule has 0 radical (unpaired) electrons. The predicted molar refractivity (Wildman–Crippen MR) is 36.0 cm³/mol. The highest BCUT2D eigenvalue weighted by Gasteiger charge is 2.27. The predicted octanol–water partition coefficient (Wildman–Crippen LogP) is 2.94. The summed E-state index contributed by atoms with van der Waals surface area (Å²) in [6, 6.07) is 4.86. The summed E-state index contributed by atoms with van der Waals surface area (Å²) in [6.07, 6.45) is 0. The summed E-state index contributed by atoms with van der Waals surface area (Å²) in [4.78, 5) is 0. The Morgan fingerprint density at radius 2 is 1.73 bits per heavy atom. The quantitative estimate of drug-likeness (QED) is 0.592. The maximum Gasteiger partial charge on any atom is 0.273 e. The minimum Gasteiger partial charge on any atom is -0.206 e. The van der Waals surface area contributed by atoms with Crippen molar-refractivity contribution in [1.29, 1.82) is 0 Å². The maximum atomic E-state index is 12.6. The molecule has 0 heterocycles. The SMILES string of the molecule is CC(F)(F)c1ccccc1F. The number of alkyl halides is 2. The van der Waals surface area contributed by atoms with Crippen LogP contribution in [0.25, 0.3) is 0 Å². The van der Waals surface area contributed by atoms with Crippen LogP contribution in [0.1, 0.15) is 12.5 Å². The van der Waals surface area contributed by atoms with E-state index in [9.17, 15) is 13.2 Å². The summed E-state index contributed by atoms with van der Waals surface area (Å²) in [5.41, 5.74) is -0.556. The van der Waals surface area contributed by atoms with Gasteiger partial charge in [-0.25, -0.2) is 13.2 Å². The summed E-state index contributed by atoms with van der Waals surface area (Å²) < 4.78 is 37.6. The molecule has 1 aromatic carbocycles. The second-order valence-electron chi connectivity index (χ2n) is 2.37. The van der Waals surface area contributed by atoms with Gasteiger partial charge in [-0.15, -0.1) is 0 Å². The van der Waals surface area contributed by atoms with Crippen LogP contribution in [0.4, 0.5) is 13.2 Å². The van der Waals surface area contributed by atoms with Crippen LogP contribution in [0, 0.1) is 5.82 Å². The van der Waals surface area contributed by atoms with E-state index in [0.29, 0.717) is 6.92 Å². The standard InChI is InChI=1S/C8H7F3/c1-8(10,11)6-4-2-3-5-7(6)9/h2-5H,1H3. The number of rotatable bonds is 1. The summed E-state index contributed by atoms with van der Waals surface area (Å²) in [6.45, 7) is 0.672. The molecule has 0 amide bonds. The monoisotopic (exact) mass is 160 g/mol. The summed E-state index contributed by atoms with van der Waals surface area (Å²) >= 11 is 0. The highest BCUT2D eigenvalue weighted by atomic mass is 19.3. The molecule has 0 fully saturated rings. The molecule has 1 aromatic rings. The van der Waals surface area contributed by atoms with Crippen molar-refractivity contribution in [1.82, 2.24) is 0 Å². The molecule has 0 nitrogen and oxygen atoms in total. The van der Waals surface area contributed by atoms with Gasteiger partial charge in [0.15, 0.2) is 0 Å². The molecule has 0 spiro atoms. The van der Waals surface area contributed by atoms with Crippen molar-refractivity contribution in [3.05, 3.63) is 35.6 Å². The van der Waals surface area contributed by atoms with Gasteiger partial charge in [-0.1, -0.05) is 18.2 Å². The molecular formula is C8H7F3. The van der Waals surface area contributed by atoms with Gasteiger partial charge in [0.2, 0.25) is 0 Å². The second-order valence-corrected chi connectivity index (χ2v) is 2.37. The zero-order chi connectivity index (χ0) is 8.48. The summed E-state index contributed by atoms with van der Waals surface area (Å²) in [7, 11) is 0. The van der Waals surface area contributed by atoms with Gasteiger partial charge < -0.3 is 0 Å². The molecule has 11 heavy (non-hydrogen) atoms. The zero-order valence-electron chi connectivity index (χ0n) is 5.94. The van der Waals surface area contributed by atoms with E-state index in [1.807, 2.05) is 0 Å². The van der Waals surface area contributed by atoms with Crippen LogP contribution in [0.3, 0.4) is 0 Å². The Kier molecular flexibility index (Phi) is 1.89. The second kappa shape index (κ2) is 2.57. The van der Waals surface area contributed by atoms with Gasteiger partial charge in [0.1, 0.15) is 5.82 Å². The third-order valence-corrected chi connectivity index (χ3v) is 1.35. The van der Waals surface area contributed by atoms with E-state index in [1.165, 1.54) is 12.1 Å². The van der Waals surface area contributed by atoms with Gasteiger partial charge in [0, 0.05) is 6.92 Å². The molecule has 0 aliphatic carbocycles. The number of hydrogen-bond donors (Lipinski definition) is 0. The lowest BCUT2D eigenvalue weighted by Crippen LogP contribution is -2.09. The molecule has 0 saturated carbocycles. The van der Waals surface area contributed by atoms with Gasteiger partial charge >= 0.3 is 0 Å². The average molecular weight is 160 g/mol. The van der Waals surface area contributed by atoms with Gasteiger partial charge in [-0.2, -0.15) is 0 Å². The third kappa shape index (κ3) is 1.73. The lowest BCUT2D eigenvalue weighted by molar-refractivity contribution is 0.0138. The Bertz CT molecular complexity index is 250. The molecule has 0 aliphatic rings. The van der Waals surface area contributed by atoms with Gasteiger partial charge in [0.05, 0.1) is 5.56 Å². The van der Waals surface area contributed by atoms with E-state index in [0.717, 1.165) is 12.1 Å². The topological polar surface area (TPSA) is 0 Å². The maximum absolute atomic E-state index is 12.6. The molecule has 0 bridgehead atoms. The van der Waals surface area contributed by atoms with Crippen molar-refractivity contribution in [3.63, 3.8) is 0 Å². The van der Waals surface area contributed by atoms with Crippen LogP contribution >= 0.6 is 0 Å². The molecule has 60 valence electrons. The Morgan fingerprint density at radius 3 is 2.09 bits per heavy atom. The fraction of sp³-hybridized carbons (Fsp3) is 0.250. The highest BCUT2D eigenvalue weighted by molar-refractivity contribution is 5.21. The number of hydrogen-bond acceptors (Lipinski definition) is 0. The van der Waals surface area contributed by atoms with E-state index in [-0.39, 0.29) is 0 Å². The zero-order valence-corrected chi connectivity index (χ0v) is 5.94. The van der Waals surface area contributed by atoms with Crippen LogP contribution in [0.15, 0.2) is 24.3 Å². The van der Waals surface area contributed by atoms with Crippen molar-refractivity contribution in [2.45, 2.75) is 12.8 Å². The Labute approximate surface area is 62.7 Å². The Balaban J connectivity index is 3.14. The van der Waals surface area contributed by atoms with Crippen LogP contribution in [-0.4, -0.2) is 0 Å². The summed E-state index contributed by atoms with van der Waals surface area (Å²) in [5, 5.41) is 0. The molecule has 0 unspecified atom stereocenters. The Hall–Kier alpha value is -0.990. The highest BCUT2D eigenvalue weighted by Crippen LogP contribution is 2.28. The lowest BCUT2D eigenvalue weighted by Gasteiger charge is -2.10. The van der Waals surface area contributed by atoms with Crippen molar-refractivity contribution < 1.29 is 13.2 Å². The van der Waals surface area contributed by atoms with Gasteiger partial charge in [-0.3, -0.25) is 0 Å². The van der Waals surface area contributed by atoms with Gasteiger partial charge in [0.25, 0.3) is 5.92 Å². The van der Waals surface area contributed by atoms with Crippen molar-refractivity contribution in [2.75, 3.05) is 0 Å². The first kappa shape index (κ1) is 8.11. The first-order valence-corrected chi connectivity index (χ1v) is 3.14. The van der Waals surface area contributed by atoms with E-state index in [1.54, 1.807) is 0 Å². The number of benzene rings is 1. The fourth-order valence-corrected chi connectivity index (χ4v) is 0.817. The number of halogens is 3. The Morgan fingerprint density at radius 1 is 1.18 bits per heavy atom. The lowest BCUT2D eigenvalue weighted by atomic mass is 10.1. The van der Waals surface area contributed by atoms with Crippen molar-refractivity contribution >= 4 is 0 Å². The molecule has 0 atom stereocenters. The minimum atomic E-state index is -3.09. The minimum absolute atomic E-state index is 0.556. The average Bonchev–Trinajstić information content (AvgIpc) is 1.86. The summed E-state index contributed by atoms with van der Waals surface area (Å²) in [5.74, 6) is -3.95. The van der Waals surface area contributed by atoms with E-state index in [4.69, 9.17) is 0 Å². The van der Waals surface area contributed by atoms with Crippen molar-refractivity contribution in [2.24, 2.45) is 0 Å². The molecule has 0 saturated heterocycles. The molecule has 0 N–H and O–H groups in total. The fourth-order valence-electron chi connectivity index (χ4n) is 0.817. The van der Waals surface area contributed by atoms with Crippen LogP contribution < -0.4 is 0 Å². The molecular weight excluding hydrogens is 153 g/mol. The van der Waals surface area contributed by atoms with E-state index >= 15 is 0 Å². The van der Waals surface area contributed by atoms with Crippen LogP contribution in [-0.2, 0) is 5.92 Å². The first-order chi connectivity index (χ1) is 5.02. The molecule has 0 aliphatic heterocycles. The van der Waals surface area contributed by atoms with Crippen LogP contribution in [0.2, 0.25) is 0 Å². The molecule has 1 rings (SSSR count).